The third kappa shape index (κ3) is 4.23. The van der Waals surface area contributed by atoms with Crippen molar-refractivity contribution in [2.24, 2.45) is 0 Å². The average molecular weight is 648 g/mol. The highest BCUT2D eigenvalue weighted by molar-refractivity contribution is 5.19. The van der Waals surface area contributed by atoms with Gasteiger partial charge in [0.15, 0.2) is 6.17 Å². The van der Waals surface area contributed by atoms with Crippen LogP contribution in [0, 0.1) is 0 Å². The molecule has 0 aliphatic rings. The topological polar surface area (TPSA) is 0 Å². The maximum Gasteiger partial charge on any atom is 0.385 e. The summed E-state index contributed by atoms with van der Waals surface area (Å²) in [5, 5.41) is 0. The molecule has 1 unspecified atom stereocenters. The zero-order chi connectivity index (χ0) is 32.7. The number of halogens is 25. The molecule has 0 saturated heterocycles. The lowest BCUT2D eigenvalue weighted by atomic mass is 9.84. The molecule has 236 valence electrons. The lowest BCUT2D eigenvalue weighted by molar-refractivity contribution is -0.477. The third-order valence-electron chi connectivity index (χ3n) is 4.77. The summed E-state index contributed by atoms with van der Waals surface area (Å²) in [7, 11) is 0. The van der Waals surface area contributed by atoms with Crippen LogP contribution in [0.3, 0.4) is 0 Å². The predicted octanol–water partition coefficient (Wildman–Crippen LogP) is 8.60. The molecule has 0 nitrogen and oxygen atoms in total. The van der Waals surface area contributed by atoms with Crippen molar-refractivity contribution in [1.82, 2.24) is 0 Å². The molecular formula is C14H5F25. The molecule has 39 heavy (non-hydrogen) atoms. The van der Waals surface area contributed by atoms with Gasteiger partial charge in [-0.2, -0.15) is 96.6 Å². The van der Waals surface area contributed by atoms with E-state index in [9.17, 15) is 110 Å². The van der Waals surface area contributed by atoms with Crippen LogP contribution in [0.5, 0.6) is 0 Å². The van der Waals surface area contributed by atoms with E-state index < -0.39 is 84.7 Å². The Morgan fingerprint density at radius 3 is 0.590 bits per heavy atom. The van der Waals surface area contributed by atoms with Crippen molar-refractivity contribution in [3.8, 4) is 0 Å². The van der Waals surface area contributed by atoms with E-state index in [0.717, 1.165) is 0 Å². The van der Waals surface area contributed by atoms with Gasteiger partial charge in [0.2, 0.25) is 0 Å². The van der Waals surface area contributed by atoms with Gasteiger partial charge < -0.3 is 0 Å². The Hall–Kier alpha value is -1.75. The molecule has 0 saturated carbocycles. The first-order valence-corrected chi connectivity index (χ1v) is 8.47. The van der Waals surface area contributed by atoms with E-state index in [1.807, 2.05) is 0 Å². The van der Waals surface area contributed by atoms with Crippen molar-refractivity contribution in [3.63, 3.8) is 0 Å². The molecule has 0 aliphatic heterocycles. The zero-order valence-electron chi connectivity index (χ0n) is 17.1. The van der Waals surface area contributed by atoms with Gasteiger partial charge in [0.25, 0.3) is 0 Å². The molecule has 0 fully saturated rings. The fourth-order valence-corrected chi connectivity index (χ4v) is 2.19. The van der Waals surface area contributed by atoms with Crippen molar-refractivity contribution in [2.45, 2.75) is 84.7 Å². The third-order valence-corrected chi connectivity index (χ3v) is 4.77. The van der Waals surface area contributed by atoms with Crippen molar-refractivity contribution >= 4 is 0 Å². The molecule has 1 atom stereocenters. The summed E-state index contributed by atoms with van der Waals surface area (Å²) in [6.45, 7) is -0.888. The van der Waals surface area contributed by atoms with Crippen LogP contribution in [-0.4, -0.2) is 77.7 Å². The molecule has 0 spiro atoms. The smallest absolute Gasteiger partial charge is 0.241 e. The number of alkyl halides is 25. The van der Waals surface area contributed by atoms with Crippen LogP contribution in [0.1, 0.15) is 6.92 Å². The van der Waals surface area contributed by atoms with E-state index in [4.69, 9.17) is 0 Å². The van der Waals surface area contributed by atoms with Crippen LogP contribution in [0.4, 0.5) is 110 Å². The van der Waals surface area contributed by atoms with E-state index in [-0.39, 0.29) is 0 Å². The molecule has 0 aromatic carbocycles. The Balaban J connectivity index is 7.29. The molecule has 0 amide bonds. The second-order valence-electron chi connectivity index (χ2n) is 7.33. The van der Waals surface area contributed by atoms with Gasteiger partial charge in [0.05, 0.1) is 0 Å². The average Bonchev–Trinajstić information content (AvgIpc) is 2.71. The van der Waals surface area contributed by atoms with E-state index in [1.165, 1.54) is 0 Å². The SMILES string of the molecule is CC(F)C(F)(F)C(F)(F)C(F)(F)C(F)(F)C(F)(F)C(F)(F)C(F)(F)C(F)(F)C(F)(F)C(F)(F)C(F)(F)C(F)F. The van der Waals surface area contributed by atoms with Gasteiger partial charge in [-0.3, -0.25) is 0 Å². The van der Waals surface area contributed by atoms with E-state index >= 15 is 0 Å². The predicted molar refractivity (Wildman–Crippen MR) is 71.0 cm³/mol. The zero-order valence-corrected chi connectivity index (χ0v) is 17.1. The molecule has 0 aromatic heterocycles. The van der Waals surface area contributed by atoms with Gasteiger partial charge in [-0.15, -0.1) is 0 Å². The van der Waals surface area contributed by atoms with Crippen LogP contribution >= 0.6 is 0 Å². The number of rotatable bonds is 12. The van der Waals surface area contributed by atoms with Crippen LogP contribution in [0.25, 0.3) is 0 Å². The molecule has 0 aliphatic carbocycles. The van der Waals surface area contributed by atoms with Gasteiger partial charge in [-0.05, 0) is 6.92 Å². The van der Waals surface area contributed by atoms with Gasteiger partial charge in [0.1, 0.15) is 0 Å². The summed E-state index contributed by atoms with van der Waals surface area (Å²) in [5.41, 5.74) is 0. The minimum absolute atomic E-state index is 0.888. The molecule has 0 heterocycles. The van der Waals surface area contributed by atoms with Crippen molar-refractivity contribution in [2.75, 3.05) is 0 Å². The normalized spacial score (nSPS) is 17.6. The minimum Gasteiger partial charge on any atom is -0.241 e. The Bertz CT molecular complexity index is 807. The molecule has 25 heteroatoms. The van der Waals surface area contributed by atoms with Gasteiger partial charge in [-0.25, -0.2) is 13.2 Å². The van der Waals surface area contributed by atoms with Crippen LogP contribution in [0.2, 0.25) is 0 Å². The maximum atomic E-state index is 13.5. The Morgan fingerprint density at radius 2 is 0.436 bits per heavy atom. The molecular weight excluding hydrogens is 643 g/mol. The van der Waals surface area contributed by atoms with Gasteiger partial charge in [0, 0.05) is 0 Å². The summed E-state index contributed by atoms with van der Waals surface area (Å²) in [6, 6.07) is 0. The monoisotopic (exact) mass is 648 g/mol. The van der Waals surface area contributed by atoms with Gasteiger partial charge >= 0.3 is 71.6 Å². The molecule has 0 radical (unpaired) electrons. The van der Waals surface area contributed by atoms with Gasteiger partial charge in [-0.1, -0.05) is 0 Å². The Morgan fingerprint density at radius 1 is 0.282 bits per heavy atom. The first-order chi connectivity index (χ1) is 16.4. The number of hydrogen-bond donors (Lipinski definition) is 0. The van der Waals surface area contributed by atoms with E-state index in [2.05, 4.69) is 0 Å². The molecule has 0 N–H and O–H groups in total. The Labute approximate surface area is 196 Å². The second kappa shape index (κ2) is 9.13. The quantitative estimate of drug-likeness (QED) is 0.186. The largest absolute Gasteiger partial charge is 0.385 e. The molecule has 0 bridgehead atoms. The second-order valence-corrected chi connectivity index (χ2v) is 7.33. The fraction of sp³-hybridized carbons (Fsp3) is 1.00. The van der Waals surface area contributed by atoms with Crippen molar-refractivity contribution in [3.05, 3.63) is 0 Å². The summed E-state index contributed by atoms with van der Waals surface area (Å²) < 4.78 is 328. The van der Waals surface area contributed by atoms with E-state index in [1.54, 1.807) is 0 Å². The van der Waals surface area contributed by atoms with Crippen LogP contribution < -0.4 is 0 Å². The molecule has 0 aromatic rings. The van der Waals surface area contributed by atoms with Crippen molar-refractivity contribution in [1.29, 1.82) is 0 Å². The summed E-state index contributed by atoms with van der Waals surface area (Å²) in [5.74, 6) is -97.5. The summed E-state index contributed by atoms with van der Waals surface area (Å²) in [6.07, 6.45) is -11.1. The van der Waals surface area contributed by atoms with Crippen LogP contribution in [0.15, 0.2) is 0 Å². The highest BCUT2D eigenvalue weighted by Crippen LogP contribution is 2.67. The first-order valence-electron chi connectivity index (χ1n) is 8.47. The molecule has 0 rings (SSSR count). The highest BCUT2D eigenvalue weighted by atomic mass is 19.4. The maximum absolute atomic E-state index is 13.5. The van der Waals surface area contributed by atoms with Crippen LogP contribution in [-0.2, 0) is 0 Å². The first kappa shape index (κ1) is 37.2. The fourth-order valence-electron chi connectivity index (χ4n) is 2.19. The summed E-state index contributed by atoms with van der Waals surface area (Å²) >= 11 is 0. The summed E-state index contributed by atoms with van der Waals surface area (Å²) in [4.78, 5) is 0. The number of hydrogen-bond acceptors (Lipinski definition) is 0. The standard InChI is InChI=1S/C14H5F25/c1-2(15)4(18,19)6(22,23)8(26,27)10(30,31)12(34,35)14(38,39)13(36,37)11(32,33)9(28,29)7(24,25)5(20,21)3(16)17/h2-3H,1H3. The Kier molecular flexibility index (Phi) is 8.72. The highest BCUT2D eigenvalue weighted by Gasteiger charge is 2.99. The minimum atomic E-state index is -9.53. The van der Waals surface area contributed by atoms with Crippen molar-refractivity contribution < 1.29 is 110 Å². The lowest BCUT2D eigenvalue weighted by Gasteiger charge is -2.45. The van der Waals surface area contributed by atoms with E-state index in [0.29, 0.717) is 0 Å². The lowest BCUT2D eigenvalue weighted by Crippen LogP contribution is -2.78.